The third-order valence-electron chi connectivity index (χ3n) is 5.77. The summed E-state index contributed by atoms with van der Waals surface area (Å²) in [6.07, 6.45) is 3.89. The predicted octanol–water partition coefficient (Wildman–Crippen LogP) is 2.17. The summed E-state index contributed by atoms with van der Waals surface area (Å²) in [6, 6.07) is 0.631. The lowest BCUT2D eigenvalue weighted by Crippen LogP contribution is -2.67. The van der Waals surface area contributed by atoms with Crippen LogP contribution in [0, 0.1) is 11.3 Å². The van der Waals surface area contributed by atoms with Crippen LogP contribution in [0.2, 0.25) is 0 Å². The number of rotatable bonds is 2. The monoisotopic (exact) mass is 267 g/mol. The highest BCUT2D eigenvalue weighted by Crippen LogP contribution is 2.47. The molecule has 2 fully saturated rings. The minimum Gasteiger partial charge on any atom is -0.329 e. The van der Waals surface area contributed by atoms with Crippen LogP contribution in [0.4, 0.5) is 0 Å². The van der Waals surface area contributed by atoms with Crippen LogP contribution in [-0.2, 0) is 0 Å². The lowest BCUT2D eigenvalue weighted by Gasteiger charge is -2.57. The van der Waals surface area contributed by atoms with Crippen molar-refractivity contribution in [1.82, 2.24) is 9.80 Å². The number of nitrogens with two attached hydrogens (primary N) is 1. The Balaban J connectivity index is 2.18. The van der Waals surface area contributed by atoms with Gasteiger partial charge in [0, 0.05) is 37.8 Å². The molecule has 0 aromatic carbocycles. The molecule has 2 N–H and O–H groups in total. The lowest BCUT2D eigenvalue weighted by molar-refractivity contribution is -0.0671. The first-order valence-corrected chi connectivity index (χ1v) is 7.96. The van der Waals surface area contributed by atoms with Crippen LogP contribution in [-0.4, -0.2) is 54.6 Å². The molecule has 0 aromatic rings. The minimum atomic E-state index is 0.246. The molecule has 1 saturated carbocycles. The summed E-state index contributed by atoms with van der Waals surface area (Å²) in [5.74, 6) is 0.701. The topological polar surface area (TPSA) is 32.5 Å². The molecule has 0 radical (unpaired) electrons. The van der Waals surface area contributed by atoms with E-state index in [2.05, 4.69) is 44.5 Å². The number of hydrogen-bond acceptors (Lipinski definition) is 3. The Labute approximate surface area is 119 Å². The Morgan fingerprint density at radius 2 is 1.84 bits per heavy atom. The van der Waals surface area contributed by atoms with Crippen molar-refractivity contribution in [1.29, 1.82) is 0 Å². The van der Waals surface area contributed by atoms with Gasteiger partial charge in [-0.1, -0.05) is 20.8 Å². The van der Waals surface area contributed by atoms with Crippen molar-refractivity contribution in [3.63, 3.8) is 0 Å². The third-order valence-corrected chi connectivity index (χ3v) is 5.77. The van der Waals surface area contributed by atoms with Gasteiger partial charge in [0.15, 0.2) is 0 Å². The van der Waals surface area contributed by atoms with E-state index in [1.807, 2.05) is 0 Å². The summed E-state index contributed by atoms with van der Waals surface area (Å²) in [7, 11) is 2.23. The Kier molecular flexibility index (Phi) is 4.29. The van der Waals surface area contributed by atoms with Crippen LogP contribution >= 0.6 is 0 Å². The van der Waals surface area contributed by atoms with Gasteiger partial charge < -0.3 is 10.6 Å². The quantitative estimate of drug-likeness (QED) is 0.832. The largest absolute Gasteiger partial charge is 0.329 e. The lowest BCUT2D eigenvalue weighted by atomic mass is 9.62. The van der Waals surface area contributed by atoms with E-state index in [1.165, 1.54) is 38.9 Å². The van der Waals surface area contributed by atoms with Crippen LogP contribution in [0.25, 0.3) is 0 Å². The smallest absolute Gasteiger partial charge is 0.0361 e. The molecule has 0 spiro atoms. The molecule has 19 heavy (non-hydrogen) atoms. The molecule has 1 aliphatic heterocycles. The maximum atomic E-state index is 6.29. The Morgan fingerprint density at radius 1 is 1.16 bits per heavy atom. The van der Waals surface area contributed by atoms with Gasteiger partial charge in [-0.25, -0.2) is 0 Å². The molecule has 3 atom stereocenters. The van der Waals surface area contributed by atoms with Gasteiger partial charge in [-0.2, -0.15) is 0 Å². The summed E-state index contributed by atoms with van der Waals surface area (Å²) in [5.41, 5.74) is 7.03. The van der Waals surface area contributed by atoms with Crippen molar-refractivity contribution < 1.29 is 0 Å². The second-order valence-corrected chi connectivity index (χ2v) is 7.88. The van der Waals surface area contributed by atoms with Gasteiger partial charge in [-0.3, -0.25) is 4.90 Å². The molecule has 0 bridgehead atoms. The fourth-order valence-electron chi connectivity index (χ4n) is 4.57. The van der Waals surface area contributed by atoms with Crippen molar-refractivity contribution >= 4 is 0 Å². The Bertz CT molecular complexity index is 315. The highest BCUT2D eigenvalue weighted by Gasteiger charge is 2.48. The zero-order valence-electron chi connectivity index (χ0n) is 13.6. The second-order valence-electron chi connectivity index (χ2n) is 7.88. The Hall–Kier alpha value is -0.120. The van der Waals surface area contributed by atoms with E-state index in [9.17, 15) is 0 Å². The van der Waals surface area contributed by atoms with Crippen LogP contribution in [0.3, 0.4) is 0 Å². The molecule has 112 valence electrons. The average molecular weight is 267 g/mol. The highest BCUT2D eigenvalue weighted by atomic mass is 15.3. The van der Waals surface area contributed by atoms with Crippen molar-refractivity contribution in [3.05, 3.63) is 0 Å². The molecule has 1 saturated heterocycles. The highest BCUT2D eigenvalue weighted by molar-refractivity contribution is 5.04. The average Bonchev–Trinajstić information content (AvgIpc) is 2.30. The number of hydrogen-bond donors (Lipinski definition) is 1. The standard InChI is InChI=1S/C16H33N3/c1-13-10-15(3,4)6-7-16(13,12-17)19-9-8-18(5)11-14(19)2/h13-14H,6-12,17H2,1-5H3. The van der Waals surface area contributed by atoms with Crippen LogP contribution in [0.15, 0.2) is 0 Å². The molecule has 1 aliphatic carbocycles. The summed E-state index contributed by atoms with van der Waals surface area (Å²) >= 11 is 0. The normalized spacial score (nSPS) is 41.4. The van der Waals surface area contributed by atoms with Crippen molar-refractivity contribution in [3.8, 4) is 0 Å². The van der Waals surface area contributed by atoms with Gasteiger partial charge in [0.2, 0.25) is 0 Å². The van der Waals surface area contributed by atoms with E-state index in [4.69, 9.17) is 5.73 Å². The van der Waals surface area contributed by atoms with Gasteiger partial charge in [0.1, 0.15) is 0 Å². The number of piperazine rings is 1. The van der Waals surface area contributed by atoms with E-state index in [-0.39, 0.29) is 5.54 Å². The third kappa shape index (κ3) is 2.84. The first-order valence-electron chi connectivity index (χ1n) is 7.96. The summed E-state index contributed by atoms with van der Waals surface area (Å²) in [5, 5.41) is 0. The predicted molar refractivity (Wildman–Crippen MR) is 82.2 cm³/mol. The molecule has 3 unspecified atom stereocenters. The molecule has 2 rings (SSSR count). The molecular weight excluding hydrogens is 234 g/mol. The number of likely N-dealkylation sites (N-methyl/N-ethyl adjacent to an activating group) is 1. The summed E-state index contributed by atoms with van der Waals surface area (Å²) in [6.45, 7) is 14.0. The molecule has 3 heteroatoms. The fourth-order valence-corrected chi connectivity index (χ4v) is 4.57. The van der Waals surface area contributed by atoms with E-state index >= 15 is 0 Å². The van der Waals surface area contributed by atoms with Gasteiger partial charge in [0.25, 0.3) is 0 Å². The maximum absolute atomic E-state index is 6.29. The molecular formula is C16H33N3. The first-order chi connectivity index (χ1) is 8.81. The van der Waals surface area contributed by atoms with Gasteiger partial charge >= 0.3 is 0 Å². The molecule has 0 aromatic heterocycles. The maximum Gasteiger partial charge on any atom is 0.0361 e. The second kappa shape index (κ2) is 5.34. The summed E-state index contributed by atoms with van der Waals surface area (Å²) < 4.78 is 0. The van der Waals surface area contributed by atoms with E-state index in [0.29, 0.717) is 17.4 Å². The minimum absolute atomic E-state index is 0.246. The van der Waals surface area contributed by atoms with E-state index in [0.717, 1.165) is 6.54 Å². The van der Waals surface area contributed by atoms with Crippen LogP contribution in [0.1, 0.15) is 47.0 Å². The summed E-state index contributed by atoms with van der Waals surface area (Å²) in [4.78, 5) is 5.19. The molecule has 3 nitrogen and oxygen atoms in total. The van der Waals surface area contributed by atoms with Gasteiger partial charge in [-0.05, 0) is 44.6 Å². The zero-order valence-corrected chi connectivity index (χ0v) is 13.6. The SMILES string of the molecule is CC1CN(C)CCN1C1(CN)CCC(C)(C)CC1C. The van der Waals surface area contributed by atoms with Gasteiger partial charge in [-0.15, -0.1) is 0 Å². The fraction of sp³-hybridized carbons (Fsp3) is 1.00. The van der Waals surface area contributed by atoms with Crippen molar-refractivity contribution in [2.24, 2.45) is 17.1 Å². The first kappa shape index (κ1) is 15.3. The van der Waals surface area contributed by atoms with Crippen LogP contribution < -0.4 is 5.73 Å². The molecule has 0 amide bonds. The molecule has 1 heterocycles. The van der Waals surface area contributed by atoms with E-state index in [1.54, 1.807) is 0 Å². The Morgan fingerprint density at radius 3 is 2.37 bits per heavy atom. The van der Waals surface area contributed by atoms with Gasteiger partial charge in [0.05, 0.1) is 0 Å². The van der Waals surface area contributed by atoms with Crippen molar-refractivity contribution in [2.75, 3.05) is 33.2 Å². The van der Waals surface area contributed by atoms with Crippen molar-refractivity contribution in [2.45, 2.75) is 58.5 Å². The zero-order chi connectivity index (χ0) is 14.3. The molecule has 2 aliphatic rings. The number of nitrogens with zero attached hydrogens (tertiary/aromatic N) is 2. The van der Waals surface area contributed by atoms with Crippen LogP contribution in [0.5, 0.6) is 0 Å². The van der Waals surface area contributed by atoms with E-state index < -0.39 is 0 Å².